The fourth-order valence-corrected chi connectivity index (χ4v) is 5.47. The number of carbonyl (C=O) groups excluding carboxylic acids is 3. The van der Waals surface area contributed by atoms with E-state index in [1.54, 1.807) is 34.9 Å². The Morgan fingerprint density at radius 3 is 2.51 bits per heavy atom. The molecule has 0 aromatic heterocycles. The molecule has 0 radical (unpaired) electrons. The summed E-state index contributed by atoms with van der Waals surface area (Å²) in [6.45, 7) is 2.52. The molecule has 194 valence electrons. The molecular weight excluding hydrogens is 466 g/mol. The summed E-state index contributed by atoms with van der Waals surface area (Å²) in [5, 5.41) is 9.01. The molecule has 37 heavy (non-hydrogen) atoms. The molecule has 0 saturated heterocycles. The quantitative estimate of drug-likeness (QED) is 0.484. The molecule has 7 nitrogen and oxygen atoms in total. The van der Waals surface area contributed by atoms with Crippen molar-refractivity contribution in [3.05, 3.63) is 64.7 Å². The second-order valence-electron chi connectivity index (χ2n) is 9.80. The van der Waals surface area contributed by atoms with Gasteiger partial charge in [0.15, 0.2) is 0 Å². The molecule has 2 aromatic rings. The van der Waals surface area contributed by atoms with Gasteiger partial charge in [0.1, 0.15) is 6.54 Å². The number of amides is 2. The summed E-state index contributed by atoms with van der Waals surface area (Å²) in [6, 6.07) is 15.0. The number of esters is 1. The Balaban J connectivity index is 1.58. The summed E-state index contributed by atoms with van der Waals surface area (Å²) in [5.74, 6) is -0.634. The number of rotatable bonds is 8. The number of nitriles is 1. The second-order valence-corrected chi connectivity index (χ2v) is 9.80. The van der Waals surface area contributed by atoms with E-state index in [4.69, 9.17) is 10.00 Å². The molecule has 0 atom stereocenters. The summed E-state index contributed by atoms with van der Waals surface area (Å²) in [4.78, 5) is 43.4. The number of carbonyl (C=O) groups is 3. The molecule has 7 heteroatoms. The molecule has 1 aliphatic heterocycles. The van der Waals surface area contributed by atoms with E-state index < -0.39 is 5.97 Å². The van der Waals surface area contributed by atoms with Crippen molar-refractivity contribution in [3.63, 3.8) is 0 Å². The van der Waals surface area contributed by atoms with Gasteiger partial charge in [-0.15, -0.1) is 0 Å². The van der Waals surface area contributed by atoms with Crippen LogP contribution >= 0.6 is 0 Å². The van der Waals surface area contributed by atoms with Crippen molar-refractivity contribution in [3.8, 4) is 6.07 Å². The summed E-state index contributed by atoms with van der Waals surface area (Å²) >= 11 is 0. The molecule has 2 aliphatic rings. The van der Waals surface area contributed by atoms with Crippen molar-refractivity contribution < 1.29 is 19.1 Å². The van der Waals surface area contributed by atoms with Gasteiger partial charge in [0.05, 0.1) is 29.5 Å². The molecule has 1 fully saturated rings. The lowest BCUT2D eigenvalue weighted by Crippen LogP contribution is -2.46. The van der Waals surface area contributed by atoms with E-state index in [9.17, 15) is 14.4 Å². The zero-order valence-corrected chi connectivity index (χ0v) is 21.6. The molecule has 0 spiro atoms. The minimum atomic E-state index is -0.401. The molecule has 2 aromatic carbocycles. The van der Waals surface area contributed by atoms with Gasteiger partial charge in [-0.1, -0.05) is 43.5 Å². The first-order chi connectivity index (χ1) is 18.0. The van der Waals surface area contributed by atoms with Crippen molar-refractivity contribution in [1.82, 2.24) is 4.90 Å². The topological polar surface area (TPSA) is 90.7 Å². The molecule has 1 aliphatic carbocycles. The summed E-state index contributed by atoms with van der Waals surface area (Å²) < 4.78 is 5.19. The molecule has 4 rings (SSSR count). The van der Waals surface area contributed by atoms with E-state index in [1.165, 1.54) is 0 Å². The zero-order chi connectivity index (χ0) is 26.2. The minimum Gasteiger partial charge on any atom is -0.465 e. The number of ether oxygens (including phenoxy) is 1. The lowest BCUT2D eigenvalue weighted by Gasteiger charge is -2.36. The highest BCUT2D eigenvalue weighted by molar-refractivity contribution is 6.06. The van der Waals surface area contributed by atoms with Crippen LogP contribution in [0.15, 0.2) is 42.5 Å². The van der Waals surface area contributed by atoms with Gasteiger partial charge in [0.2, 0.25) is 5.91 Å². The number of hydrogen-bond acceptors (Lipinski definition) is 5. The number of hydrogen-bond donors (Lipinski definition) is 0. The van der Waals surface area contributed by atoms with Gasteiger partial charge < -0.3 is 14.5 Å². The third-order valence-electron chi connectivity index (χ3n) is 7.34. The number of benzene rings is 2. The Labute approximate surface area is 219 Å². The lowest BCUT2D eigenvalue weighted by atomic mass is 9.92. The summed E-state index contributed by atoms with van der Waals surface area (Å²) in [7, 11) is 0. The maximum absolute atomic E-state index is 14.0. The predicted molar refractivity (Wildman–Crippen MR) is 141 cm³/mol. The van der Waals surface area contributed by atoms with Gasteiger partial charge in [0, 0.05) is 19.0 Å². The minimum absolute atomic E-state index is 0.00867. The summed E-state index contributed by atoms with van der Waals surface area (Å²) in [6.07, 6.45) is 7.45. The van der Waals surface area contributed by atoms with Gasteiger partial charge in [-0.25, -0.2) is 0 Å². The molecule has 1 heterocycles. The van der Waals surface area contributed by atoms with Crippen molar-refractivity contribution in [2.75, 3.05) is 24.6 Å². The Hall–Kier alpha value is -3.66. The fourth-order valence-electron chi connectivity index (χ4n) is 5.47. The number of nitrogens with zero attached hydrogens (tertiary/aromatic N) is 3. The molecule has 2 amide bonds. The van der Waals surface area contributed by atoms with E-state index in [-0.39, 0.29) is 31.0 Å². The zero-order valence-electron chi connectivity index (χ0n) is 21.6. The van der Waals surface area contributed by atoms with Crippen LogP contribution in [0.5, 0.6) is 0 Å². The predicted octanol–water partition coefficient (Wildman–Crippen LogP) is 4.81. The number of anilines is 1. The van der Waals surface area contributed by atoms with Crippen LogP contribution in [0.25, 0.3) is 0 Å². The smallest absolute Gasteiger partial charge is 0.325 e. The lowest BCUT2D eigenvalue weighted by molar-refractivity contribution is -0.144. The van der Waals surface area contributed by atoms with Gasteiger partial charge in [0.25, 0.3) is 5.91 Å². The van der Waals surface area contributed by atoms with Crippen molar-refractivity contribution >= 4 is 23.5 Å². The van der Waals surface area contributed by atoms with Gasteiger partial charge >= 0.3 is 5.97 Å². The first kappa shape index (κ1) is 26.4. The monoisotopic (exact) mass is 501 g/mol. The van der Waals surface area contributed by atoms with E-state index in [0.29, 0.717) is 36.2 Å². The maximum atomic E-state index is 14.0. The van der Waals surface area contributed by atoms with Gasteiger partial charge in [-0.3, -0.25) is 14.4 Å². The first-order valence-electron chi connectivity index (χ1n) is 13.4. The van der Waals surface area contributed by atoms with Crippen molar-refractivity contribution in [1.29, 1.82) is 5.26 Å². The van der Waals surface area contributed by atoms with Crippen LogP contribution in [0, 0.1) is 11.3 Å². The first-order valence-corrected chi connectivity index (χ1v) is 13.4. The van der Waals surface area contributed by atoms with E-state index in [1.807, 2.05) is 24.3 Å². The highest BCUT2D eigenvalue weighted by Crippen LogP contribution is 2.34. The van der Waals surface area contributed by atoms with Crippen LogP contribution in [0.1, 0.15) is 78.9 Å². The van der Waals surface area contributed by atoms with Crippen molar-refractivity contribution in [2.24, 2.45) is 0 Å². The van der Waals surface area contributed by atoms with Crippen LogP contribution in [0.3, 0.4) is 0 Å². The fraction of sp³-hybridized carbons (Fsp3) is 0.467. The number of para-hydroxylation sites is 1. The number of fused-ring (bicyclic) bond motifs is 1. The normalized spacial score (nSPS) is 15.4. The van der Waals surface area contributed by atoms with Crippen LogP contribution in [0.4, 0.5) is 5.69 Å². The van der Waals surface area contributed by atoms with Gasteiger partial charge in [-0.05, 0) is 68.4 Å². The third-order valence-corrected chi connectivity index (χ3v) is 7.34. The van der Waals surface area contributed by atoms with Crippen LogP contribution < -0.4 is 4.90 Å². The van der Waals surface area contributed by atoms with Crippen molar-refractivity contribution in [2.45, 2.75) is 70.8 Å². The highest BCUT2D eigenvalue weighted by Gasteiger charge is 2.33. The van der Waals surface area contributed by atoms with E-state index in [0.717, 1.165) is 56.1 Å². The molecular formula is C30H35N3O4. The third kappa shape index (κ3) is 6.37. The van der Waals surface area contributed by atoms with Crippen LogP contribution in [0.2, 0.25) is 0 Å². The van der Waals surface area contributed by atoms with Crippen LogP contribution in [-0.2, 0) is 27.2 Å². The Bertz CT molecular complexity index is 1160. The van der Waals surface area contributed by atoms with Crippen LogP contribution in [-0.4, -0.2) is 48.4 Å². The molecule has 0 N–H and O–H groups in total. The summed E-state index contributed by atoms with van der Waals surface area (Å²) in [5.41, 5.74) is 3.75. The van der Waals surface area contributed by atoms with E-state index >= 15 is 0 Å². The average molecular weight is 502 g/mol. The molecule has 0 bridgehead atoms. The maximum Gasteiger partial charge on any atom is 0.325 e. The van der Waals surface area contributed by atoms with Gasteiger partial charge in [-0.2, -0.15) is 5.26 Å². The SMILES string of the molecule is CCOC(=O)CN(C(=O)c1cccc2c1N(C(=O)CCc1ccc(C#N)cc1)CCC2)C1CCCCC1. The molecule has 1 saturated carbocycles. The number of aryl methyl sites for hydroxylation is 2. The Morgan fingerprint density at radius 1 is 1.05 bits per heavy atom. The van der Waals surface area contributed by atoms with E-state index in [2.05, 4.69) is 6.07 Å². The second kappa shape index (κ2) is 12.5. The highest BCUT2D eigenvalue weighted by atomic mass is 16.5. The largest absolute Gasteiger partial charge is 0.465 e. The molecule has 0 unspecified atom stereocenters. The Morgan fingerprint density at radius 2 is 1.81 bits per heavy atom. The standard InChI is InChI=1S/C30H35N3O4/c1-2-37-28(35)21-33(25-10-4-3-5-11-25)30(36)26-12-6-8-24-9-7-19-32(29(24)26)27(34)18-17-22-13-15-23(20-31)16-14-22/h6,8,12-16,25H,2-5,7,9-11,17-19,21H2,1H3. The average Bonchev–Trinajstić information content (AvgIpc) is 2.94. The Kier molecular flexibility index (Phi) is 8.95.